The fourth-order valence-corrected chi connectivity index (χ4v) is 2.74. The van der Waals surface area contributed by atoms with E-state index in [0.29, 0.717) is 9.60 Å². The second kappa shape index (κ2) is 4.51. The number of aromatic nitrogens is 1. The summed E-state index contributed by atoms with van der Waals surface area (Å²) < 4.78 is 13.5. The summed E-state index contributed by atoms with van der Waals surface area (Å²) >= 11 is 4.65. The van der Waals surface area contributed by atoms with Gasteiger partial charge in [0.1, 0.15) is 5.82 Å². The van der Waals surface area contributed by atoms with Gasteiger partial charge < -0.3 is 5.73 Å². The first kappa shape index (κ1) is 11.5. The molecule has 2 rings (SSSR count). The van der Waals surface area contributed by atoms with Gasteiger partial charge in [-0.1, -0.05) is 6.07 Å². The number of halogens is 2. The van der Waals surface area contributed by atoms with Crippen LogP contribution >= 0.6 is 27.3 Å². The standard InChI is InChI=1S/C11H10BrFN2S/c1-6-10(16-11(14)15-6)5-7-2-3-9(13)8(12)4-7/h2-4H,5H2,1H3,(H2,14,15). The lowest BCUT2D eigenvalue weighted by molar-refractivity contribution is 0.620. The molecule has 0 atom stereocenters. The van der Waals surface area contributed by atoms with Crippen LogP contribution in [0, 0.1) is 12.7 Å². The van der Waals surface area contributed by atoms with Crippen molar-refractivity contribution in [2.75, 3.05) is 5.73 Å². The summed E-state index contributed by atoms with van der Waals surface area (Å²) in [6, 6.07) is 5.01. The van der Waals surface area contributed by atoms with Gasteiger partial charge in [0.2, 0.25) is 0 Å². The molecule has 0 aliphatic rings. The van der Waals surface area contributed by atoms with Gasteiger partial charge in [-0.25, -0.2) is 9.37 Å². The van der Waals surface area contributed by atoms with Crippen molar-refractivity contribution in [3.8, 4) is 0 Å². The zero-order chi connectivity index (χ0) is 11.7. The maximum Gasteiger partial charge on any atom is 0.180 e. The molecule has 0 fully saturated rings. The summed E-state index contributed by atoms with van der Waals surface area (Å²) in [4.78, 5) is 5.28. The molecule has 1 aromatic heterocycles. The molecule has 0 amide bonds. The number of benzene rings is 1. The van der Waals surface area contributed by atoms with E-state index in [2.05, 4.69) is 20.9 Å². The van der Waals surface area contributed by atoms with Crippen LogP contribution in [0.15, 0.2) is 22.7 Å². The minimum Gasteiger partial charge on any atom is -0.375 e. The number of nitrogens with two attached hydrogens (primary N) is 1. The number of anilines is 1. The van der Waals surface area contributed by atoms with Crippen molar-refractivity contribution in [2.24, 2.45) is 0 Å². The van der Waals surface area contributed by atoms with Crippen molar-refractivity contribution < 1.29 is 4.39 Å². The Hall–Kier alpha value is -0.940. The Morgan fingerprint density at radius 3 is 2.81 bits per heavy atom. The van der Waals surface area contributed by atoms with Crippen LogP contribution in [0.4, 0.5) is 9.52 Å². The minimum absolute atomic E-state index is 0.246. The van der Waals surface area contributed by atoms with E-state index in [0.717, 1.165) is 22.6 Å². The highest BCUT2D eigenvalue weighted by Crippen LogP contribution is 2.25. The summed E-state index contributed by atoms with van der Waals surface area (Å²) in [5, 5.41) is 0.577. The van der Waals surface area contributed by atoms with Gasteiger partial charge in [-0.15, -0.1) is 11.3 Å². The molecule has 0 saturated heterocycles. The molecule has 2 nitrogen and oxygen atoms in total. The van der Waals surface area contributed by atoms with Crippen molar-refractivity contribution in [3.05, 3.63) is 44.6 Å². The van der Waals surface area contributed by atoms with E-state index in [1.165, 1.54) is 17.4 Å². The molecule has 0 aliphatic heterocycles. The highest BCUT2D eigenvalue weighted by molar-refractivity contribution is 9.10. The summed E-state index contributed by atoms with van der Waals surface area (Å²) in [5.41, 5.74) is 7.61. The Labute approximate surface area is 105 Å². The van der Waals surface area contributed by atoms with Crippen molar-refractivity contribution in [3.63, 3.8) is 0 Å². The SMILES string of the molecule is Cc1nc(N)sc1Cc1ccc(F)c(Br)c1. The minimum atomic E-state index is -0.246. The molecule has 5 heteroatoms. The molecular weight excluding hydrogens is 291 g/mol. The van der Waals surface area contributed by atoms with Gasteiger partial charge in [-0.05, 0) is 40.5 Å². The molecule has 0 aliphatic carbocycles. The summed E-state index contributed by atoms with van der Waals surface area (Å²) in [6.45, 7) is 1.93. The third-order valence-corrected chi connectivity index (χ3v) is 3.85. The quantitative estimate of drug-likeness (QED) is 0.921. The van der Waals surface area contributed by atoms with Crippen LogP contribution in [0.2, 0.25) is 0 Å². The Balaban J connectivity index is 2.27. The molecule has 0 spiro atoms. The first-order valence-corrected chi connectivity index (χ1v) is 6.33. The third-order valence-electron chi connectivity index (χ3n) is 2.26. The predicted octanol–water partition coefficient (Wildman–Crippen LogP) is 3.53. The van der Waals surface area contributed by atoms with Gasteiger partial charge >= 0.3 is 0 Å². The normalized spacial score (nSPS) is 10.7. The smallest absolute Gasteiger partial charge is 0.180 e. The number of nitrogens with zero attached hydrogens (tertiary/aromatic N) is 1. The fraction of sp³-hybridized carbons (Fsp3) is 0.182. The lowest BCUT2D eigenvalue weighted by Crippen LogP contribution is -1.89. The molecular formula is C11H10BrFN2S. The van der Waals surface area contributed by atoms with Crippen LogP contribution in [0.3, 0.4) is 0 Å². The zero-order valence-electron chi connectivity index (χ0n) is 8.63. The van der Waals surface area contributed by atoms with Gasteiger partial charge in [0, 0.05) is 11.3 Å². The summed E-state index contributed by atoms with van der Waals surface area (Å²) in [6.07, 6.45) is 0.736. The fourth-order valence-electron chi connectivity index (χ4n) is 1.45. The van der Waals surface area contributed by atoms with Crippen molar-refractivity contribution in [1.82, 2.24) is 4.98 Å². The topological polar surface area (TPSA) is 38.9 Å². The average molecular weight is 301 g/mol. The maximum atomic E-state index is 13.0. The number of hydrogen-bond acceptors (Lipinski definition) is 3. The second-order valence-corrected chi connectivity index (χ2v) is 5.46. The largest absolute Gasteiger partial charge is 0.375 e. The monoisotopic (exact) mass is 300 g/mol. The predicted molar refractivity (Wildman–Crippen MR) is 68.2 cm³/mol. The van der Waals surface area contributed by atoms with E-state index in [4.69, 9.17) is 5.73 Å². The molecule has 2 aromatic rings. The first-order chi connectivity index (χ1) is 7.56. The van der Waals surface area contributed by atoms with Gasteiger partial charge in [0.05, 0.1) is 10.2 Å². The average Bonchev–Trinajstić information content (AvgIpc) is 2.51. The highest BCUT2D eigenvalue weighted by Gasteiger charge is 2.07. The highest BCUT2D eigenvalue weighted by atomic mass is 79.9. The van der Waals surface area contributed by atoms with E-state index in [1.54, 1.807) is 12.1 Å². The van der Waals surface area contributed by atoms with Crippen LogP contribution < -0.4 is 5.73 Å². The first-order valence-electron chi connectivity index (χ1n) is 4.72. The van der Waals surface area contributed by atoms with E-state index in [-0.39, 0.29) is 5.82 Å². The van der Waals surface area contributed by atoms with E-state index in [1.807, 2.05) is 6.92 Å². The lowest BCUT2D eigenvalue weighted by atomic mass is 10.1. The second-order valence-electron chi connectivity index (χ2n) is 3.49. The Morgan fingerprint density at radius 1 is 1.50 bits per heavy atom. The molecule has 0 bridgehead atoms. The molecule has 0 unspecified atom stereocenters. The van der Waals surface area contributed by atoms with E-state index >= 15 is 0 Å². The van der Waals surface area contributed by atoms with E-state index in [9.17, 15) is 4.39 Å². The molecule has 16 heavy (non-hydrogen) atoms. The molecule has 1 heterocycles. The van der Waals surface area contributed by atoms with Gasteiger partial charge in [0.15, 0.2) is 5.13 Å². The van der Waals surface area contributed by atoms with Crippen LogP contribution in [-0.2, 0) is 6.42 Å². The van der Waals surface area contributed by atoms with E-state index < -0.39 is 0 Å². The molecule has 1 aromatic carbocycles. The van der Waals surface area contributed by atoms with Gasteiger partial charge in [-0.3, -0.25) is 0 Å². The Kier molecular flexibility index (Phi) is 3.25. The number of aryl methyl sites for hydroxylation is 1. The van der Waals surface area contributed by atoms with Crippen LogP contribution in [-0.4, -0.2) is 4.98 Å². The molecule has 0 saturated carbocycles. The molecule has 84 valence electrons. The van der Waals surface area contributed by atoms with Crippen molar-refractivity contribution >= 4 is 32.4 Å². The number of nitrogen functional groups attached to an aromatic ring is 1. The number of hydrogen-bond donors (Lipinski definition) is 1. The Bertz CT molecular complexity index is 525. The van der Waals surface area contributed by atoms with Crippen molar-refractivity contribution in [1.29, 1.82) is 0 Å². The van der Waals surface area contributed by atoms with Crippen LogP contribution in [0.1, 0.15) is 16.1 Å². The Morgan fingerprint density at radius 2 is 2.25 bits per heavy atom. The van der Waals surface area contributed by atoms with Crippen LogP contribution in [0.25, 0.3) is 0 Å². The maximum absolute atomic E-state index is 13.0. The van der Waals surface area contributed by atoms with Gasteiger partial charge in [0.25, 0.3) is 0 Å². The van der Waals surface area contributed by atoms with Crippen molar-refractivity contribution in [2.45, 2.75) is 13.3 Å². The third kappa shape index (κ3) is 2.41. The summed E-state index contributed by atoms with van der Waals surface area (Å²) in [5.74, 6) is -0.246. The summed E-state index contributed by atoms with van der Waals surface area (Å²) in [7, 11) is 0. The number of thiazole rings is 1. The van der Waals surface area contributed by atoms with Crippen LogP contribution in [0.5, 0.6) is 0 Å². The molecule has 2 N–H and O–H groups in total. The number of rotatable bonds is 2. The lowest BCUT2D eigenvalue weighted by Gasteiger charge is -2.01. The van der Waals surface area contributed by atoms with Gasteiger partial charge in [-0.2, -0.15) is 0 Å². The zero-order valence-corrected chi connectivity index (χ0v) is 11.0. The molecule has 0 radical (unpaired) electrons.